The first-order chi connectivity index (χ1) is 9.88. The standard InChI is InChI=1S/C15H15FN2O3/c1-9-3-5-12(18(20)21)8-14(9)17-10(2)13-7-11(16)4-6-15(13)19/h3-8,10,17,19H,1-2H3. The van der Waals surface area contributed by atoms with Gasteiger partial charge in [0.25, 0.3) is 5.69 Å². The Morgan fingerprint density at radius 2 is 2.00 bits per heavy atom. The maximum absolute atomic E-state index is 13.3. The van der Waals surface area contributed by atoms with Crippen molar-refractivity contribution in [2.24, 2.45) is 0 Å². The number of nitrogens with zero attached hydrogens (tertiary/aromatic N) is 1. The number of halogens is 1. The van der Waals surface area contributed by atoms with E-state index in [1.165, 1.54) is 30.3 Å². The molecule has 1 atom stereocenters. The molecule has 0 spiro atoms. The molecule has 0 aliphatic heterocycles. The van der Waals surface area contributed by atoms with Crippen molar-refractivity contribution >= 4 is 11.4 Å². The predicted molar refractivity (Wildman–Crippen MR) is 77.9 cm³/mol. The molecule has 0 radical (unpaired) electrons. The number of nitro groups is 1. The van der Waals surface area contributed by atoms with Crippen LogP contribution < -0.4 is 5.32 Å². The zero-order valence-electron chi connectivity index (χ0n) is 11.6. The summed E-state index contributed by atoms with van der Waals surface area (Å²) in [5, 5.41) is 23.6. The average Bonchev–Trinajstić information content (AvgIpc) is 2.43. The molecule has 0 saturated carbocycles. The first kappa shape index (κ1) is 14.8. The topological polar surface area (TPSA) is 75.4 Å². The van der Waals surface area contributed by atoms with Crippen LogP contribution in [0.2, 0.25) is 0 Å². The quantitative estimate of drug-likeness (QED) is 0.661. The first-order valence-corrected chi connectivity index (χ1v) is 6.38. The molecule has 0 amide bonds. The molecule has 0 aromatic heterocycles. The van der Waals surface area contributed by atoms with Gasteiger partial charge in [-0.25, -0.2) is 4.39 Å². The SMILES string of the molecule is Cc1ccc([N+](=O)[O-])cc1NC(C)c1cc(F)ccc1O. The van der Waals surface area contributed by atoms with Crippen LogP contribution in [0.4, 0.5) is 15.8 Å². The van der Waals surface area contributed by atoms with E-state index in [2.05, 4.69) is 5.32 Å². The number of anilines is 1. The molecule has 0 aliphatic carbocycles. The molecule has 2 aromatic rings. The third-order valence-electron chi connectivity index (χ3n) is 3.26. The summed E-state index contributed by atoms with van der Waals surface area (Å²) in [6.07, 6.45) is 0. The molecule has 0 aliphatic rings. The molecule has 0 fully saturated rings. The number of hydrogen-bond donors (Lipinski definition) is 2. The fourth-order valence-electron chi connectivity index (χ4n) is 2.06. The van der Waals surface area contributed by atoms with E-state index in [-0.39, 0.29) is 11.4 Å². The fraction of sp³-hybridized carbons (Fsp3) is 0.200. The predicted octanol–water partition coefficient (Wildman–Crippen LogP) is 3.92. The van der Waals surface area contributed by atoms with Crippen molar-refractivity contribution in [3.8, 4) is 5.75 Å². The number of aryl methyl sites for hydroxylation is 1. The second-order valence-electron chi connectivity index (χ2n) is 4.83. The van der Waals surface area contributed by atoms with Crippen molar-refractivity contribution in [1.29, 1.82) is 0 Å². The maximum atomic E-state index is 13.3. The third-order valence-corrected chi connectivity index (χ3v) is 3.26. The third kappa shape index (κ3) is 3.28. The summed E-state index contributed by atoms with van der Waals surface area (Å²) in [6, 6.07) is 7.76. The lowest BCUT2D eigenvalue weighted by Gasteiger charge is -2.18. The summed E-state index contributed by atoms with van der Waals surface area (Å²) in [4.78, 5) is 10.3. The fourth-order valence-corrected chi connectivity index (χ4v) is 2.06. The second-order valence-corrected chi connectivity index (χ2v) is 4.83. The highest BCUT2D eigenvalue weighted by atomic mass is 19.1. The minimum absolute atomic E-state index is 0.0283. The van der Waals surface area contributed by atoms with Crippen LogP contribution in [0.3, 0.4) is 0 Å². The van der Waals surface area contributed by atoms with Crippen molar-refractivity contribution in [2.75, 3.05) is 5.32 Å². The van der Waals surface area contributed by atoms with Crippen LogP contribution in [-0.2, 0) is 0 Å². The lowest BCUT2D eigenvalue weighted by Crippen LogP contribution is -2.08. The van der Waals surface area contributed by atoms with Gasteiger partial charge in [0.1, 0.15) is 11.6 Å². The normalized spacial score (nSPS) is 12.0. The van der Waals surface area contributed by atoms with Gasteiger partial charge in [0.2, 0.25) is 0 Å². The summed E-state index contributed by atoms with van der Waals surface area (Å²) >= 11 is 0. The number of nitrogens with one attached hydrogen (secondary N) is 1. The van der Waals surface area contributed by atoms with Crippen molar-refractivity contribution in [3.63, 3.8) is 0 Å². The van der Waals surface area contributed by atoms with E-state index >= 15 is 0 Å². The Hall–Kier alpha value is -2.63. The van der Waals surface area contributed by atoms with Crippen LogP contribution >= 0.6 is 0 Å². The van der Waals surface area contributed by atoms with Gasteiger partial charge in [0, 0.05) is 23.4 Å². The molecule has 2 rings (SSSR count). The lowest BCUT2D eigenvalue weighted by atomic mass is 10.1. The molecule has 0 saturated heterocycles. The number of rotatable bonds is 4. The van der Waals surface area contributed by atoms with Gasteiger partial charge in [-0.15, -0.1) is 0 Å². The average molecular weight is 290 g/mol. The Kier molecular flexibility index (Phi) is 4.07. The Balaban J connectivity index is 2.31. The smallest absolute Gasteiger partial charge is 0.271 e. The number of phenolic OH excluding ortho intramolecular Hbond substituents is 1. The summed E-state index contributed by atoms with van der Waals surface area (Å²) in [6.45, 7) is 3.55. The number of aromatic hydroxyl groups is 1. The molecule has 110 valence electrons. The van der Waals surface area contributed by atoms with Gasteiger partial charge in [0.05, 0.1) is 11.0 Å². The Morgan fingerprint density at radius 1 is 1.29 bits per heavy atom. The Morgan fingerprint density at radius 3 is 2.67 bits per heavy atom. The highest BCUT2D eigenvalue weighted by Gasteiger charge is 2.14. The van der Waals surface area contributed by atoms with E-state index in [0.29, 0.717) is 11.3 Å². The van der Waals surface area contributed by atoms with Gasteiger partial charge < -0.3 is 10.4 Å². The molecule has 6 heteroatoms. The van der Waals surface area contributed by atoms with Gasteiger partial charge >= 0.3 is 0 Å². The molecule has 21 heavy (non-hydrogen) atoms. The van der Waals surface area contributed by atoms with Gasteiger partial charge in [-0.05, 0) is 37.6 Å². The number of benzene rings is 2. The Bertz CT molecular complexity index is 689. The molecular formula is C15H15FN2O3. The van der Waals surface area contributed by atoms with E-state index in [0.717, 1.165) is 5.56 Å². The summed E-state index contributed by atoms with van der Waals surface area (Å²) in [5.41, 5.74) is 1.75. The van der Waals surface area contributed by atoms with E-state index in [9.17, 15) is 19.6 Å². The zero-order valence-corrected chi connectivity index (χ0v) is 11.6. The Labute approximate surface area is 121 Å². The molecule has 2 aromatic carbocycles. The highest BCUT2D eigenvalue weighted by molar-refractivity contribution is 5.58. The van der Waals surface area contributed by atoms with Gasteiger partial charge in [-0.2, -0.15) is 0 Å². The molecule has 1 unspecified atom stereocenters. The molecule has 0 bridgehead atoms. The van der Waals surface area contributed by atoms with Gasteiger partial charge in [0.15, 0.2) is 0 Å². The van der Waals surface area contributed by atoms with Crippen LogP contribution in [0, 0.1) is 22.9 Å². The second kappa shape index (κ2) is 5.78. The van der Waals surface area contributed by atoms with E-state index < -0.39 is 16.8 Å². The number of non-ortho nitro benzene ring substituents is 1. The summed E-state index contributed by atoms with van der Waals surface area (Å²) in [5.74, 6) is -0.480. The van der Waals surface area contributed by atoms with Crippen LogP contribution in [0.1, 0.15) is 24.1 Å². The summed E-state index contributed by atoms with van der Waals surface area (Å²) in [7, 11) is 0. The van der Waals surface area contributed by atoms with E-state index in [1.807, 2.05) is 6.92 Å². The van der Waals surface area contributed by atoms with Gasteiger partial charge in [-0.3, -0.25) is 10.1 Å². The number of phenols is 1. The van der Waals surface area contributed by atoms with Crippen molar-refractivity contribution < 1.29 is 14.4 Å². The van der Waals surface area contributed by atoms with E-state index in [4.69, 9.17) is 0 Å². The maximum Gasteiger partial charge on any atom is 0.271 e. The van der Waals surface area contributed by atoms with Crippen molar-refractivity contribution in [1.82, 2.24) is 0 Å². The largest absolute Gasteiger partial charge is 0.508 e. The van der Waals surface area contributed by atoms with Crippen LogP contribution in [0.5, 0.6) is 5.75 Å². The van der Waals surface area contributed by atoms with Crippen molar-refractivity contribution in [2.45, 2.75) is 19.9 Å². The number of hydrogen-bond acceptors (Lipinski definition) is 4. The minimum Gasteiger partial charge on any atom is -0.508 e. The molecular weight excluding hydrogens is 275 g/mol. The molecule has 2 N–H and O–H groups in total. The number of nitro benzene ring substituents is 1. The monoisotopic (exact) mass is 290 g/mol. The van der Waals surface area contributed by atoms with Gasteiger partial charge in [-0.1, -0.05) is 6.07 Å². The summed E-state index contributed by atoms with van der Waals surface area (Å²) < 4.78 is 13.3. The van der Waals surface area contributed by atoms with Crippen LogP contribution in [0.25, 0.3) is 0 Å². The van der Waals surface area contributed by atoms with Crippen LogP contribution in [-0.4, -0.2) is 10.0 Å². The lowest BCUT2D eigenvalue weighted by molar-refractivity contribution is -0.384. The van der Waals surface area contributed by atoms with E-state index in [1.54, 1.807) is 13.0 Å². The molecule has 5 nitrogen and oxygen atoms in total. The minimum atomic E-state index is -0.477. The van der Waals surface area contributed by atoms with Crippen molar-refractivity contribution in [3.05, 3.63) is 63.5 Å². The molecule has 0 heterocycles. The zero-order chi connectivity index (χ0) is 15.6. The first-order valence-electron chi connectivity index (χ1n) is 6.38. The highest BCUT2D eigenvalue weighted by Crippen LogP contribution is 2.30. The van der Waals surface area contributed by atoms with Crippen LogP contribution in [0.15, 0.2) is 36.4 Å².